The number of nitrogens with zero attached hydrogens (tertiary/aromatic N) is 2. The van der Waals surface area contributed by atoms with Gasteiger partial charge in [-0.3, -0.25) is 0 Å². The molecule has 3 rings (SSSR count). The van der Waals surface area contributed by atoms with E-state index in [1.165, 1.54) is 37.0 Å². The topological polar surface area (TPSA) is 8.17 Å². The number of benzene rings is 1. The van der Waals surface area contributed by atoms with Crippen molar-refractivity contribution in [1.82, 2.24) is 9.47 Å². The number of para-hydroxylation sites is 1. The van der Waals surface area contributed by atoms with E-state index in [-0.39, 0.29) is 0 Å². The lowest BCUT2D eigenvalue weighted by Gasteiger charge is -2.12. The van der Waals surface area contributed by atoms with Crippen LogP contribution in [0, 0.1) is 0 Å². The van der Waals surface area contributed by atoms with Crippen LogP contribution in [0.3, 0.4) is 0 Å². The summed E-state index contributed by atoms with van der Waals surface area (Å²) in [5.74, 6) is 0.723. The minimum atomic E-state index is 0.723. The summed E-state index contributed by atoms with van der Waals surface area (Å²) in [4.78, 5) is 2.55. The van der Waals surface area contributed by atoms with Crippen LogP contribution in [0.1, 0.15) is 24.8 Å². The van der Waals surface area contributed by atoms with E-state index in [1.54, 1.807) is 5.56 Å². The van der Waals surface area contributed by atoms with Crippen LogP contribution in [0.15, 0.2) is 30.5 Å². The van der Waals surface area contributed by atoms with Crippen molar-refractivity contribution in [3.05, 3.63) is 36.0 Å². The summed E-state index contributed by atoms with van der Waals surface area (Å²) in [7, 11) is 2.15. The average Bonchev–Trinajstić information content (AvgIpc) is 2.95. The first-order valence-electron chi connectivity index (χ1n) is 6.56. The number of fused-ring (bicyclic) bond motifs is 1. The second-order valence-corrected chi connectivity index (χ2v) is 5.09. The third-order valence-corrected chi connectivity index (χ3v) is 4.09. The smallest absolute Gasteiger partial charge is 0.0480 e. The fourth-order valence-corrected chi connectivity index (χ4v) is 3.07. The van der Waals surface area contributed by atoms with Crippen molar-refractivity contribution in [2.24, 2.45) is 7.05 Å². The van der Waals surface area contributed by atoms with Crippen molar-refractivity contribution in [3.63, 3.8) is 0 Å². The summed E-state index contributed by atoms with van der Waals surface area (Å²) in [5, 5.41) is 1.44. The van der Waals surface area contributed by atoms with Crippen LogP contribution in [0.2, 0.25) is 0 Å². The van der Waals surface area contributed by atoms with Gasteiger partial charge in [0, 0.05) is 30.7 Å². The van der Waals surface area contributed by atoms with E-state index in [2.05, 4.69) is 53.9 Å². The summed E-state index contributed by atoms with van der Waals surface area (Å²) in [6, 6.07) is 8.75. The van der Waals surface area contributed by atoms with Gasteiger partial charge in [-0.15, -0.1) is 0 Å². The van der Waals surface area contributed by atoms with Crippen molar-refractivity contribution < 1.29 is 0 Å². The van der Waals surface area contributed by atoms with Crippen LogP contribution >= 0.6 is 0 Å². The molecule has 1 saturated heterocycles. The van der Waals surface area contributed by atoms with Gasteiger partial charge in [-0.25, -0.2) is 0 Å². The highest BCUT2D eigenvalue weighted by Gasteiger charge is 2.25. The minimum Gasteiger partial charge on any atom is -0.350 e. The molecular formula is C15H20N2. The van der Waals surface area contributed by atoms with Crippen molar-refractivity contribution in [2.75, 3.05) is 19.6 Å². The van der Waals surface area contributed by atoms with Crippen LogP contribution < -0.4 is 0 Å². The second-order valence-electron chi connectivity index (χ2n) is 5.09. The van der Waals surface area contributed by atoms with Gasteiger partial charge >= 0.3 is 0 Å². The average molecular weight is 228 g/mol. The Hall–Kier alpha value is -1.28. The van der Waals surface area contributed by atoms with E-state index >= 15 is 0 Å². The van der Waals surface area contributed by atoms with Gasteiger partial charge in [0.05, 0.1) is 0 Å². The molecule has 2 aromatic rings. The van der Waals surface area contributed by atoms with Gasteiger partial charge in [-0.1, -0.05) is 25.1 Å². The fraction of sp³-hybridized carbons (Fsp3) is 0.467. The zero-order valence-corrected chi connectivity index (χ0v) is 10.7. The molecule has 1 aromatic heterocycles. The molecule has 0 N–H and O–H groups in total. The predicted molar refractivity (Wildman–Crippen MR) is 72.4 cm³/mol. The number of hydrogen-bond donors (Lipinski definition) is 0. The number of likely N-dealkylation sites (tertiary alicyclic amines) is 1. The molecule has 0 radical (unpaired) electrons. The van der Waals surface area contributed by atoms with Gasteiger partial charge < -0.3 is 9.47 Å². The third-order valence-electron chi connectivity index (χ3n) is 4.09. The van der Waals surface area contributed by atoms with Gasteiger partial charge in [-0.05, 0) is 37.1 Å². The van der Waals surface area contributed by atoms with Gasteiger partial charge in [-0.2, -0.15) is 0 Å². The normalized spacial score (nSPS) is 21.4. The van der Waals surface area contributed by atoms with E-state index in [9.17, 15) is 0 Å². The summed E-state index contributed by atoms with van der Waals surface area (Å²) < 4.78 is 2.26. The highest BCUT2D eigenvalue weighted by molar-refractivity contribution is 5.84. The quantitative estimate of drug-likeness (QED) is 0.767. The maximum Gasteiger partial charge on any atom is 0.0480 e. The van der Waals surface area contributed by atoms with E-state index < -0.39 is 0 Å². The fourth-order valence-electron chi connectivity index (χ4n) is 3.07. The Morgan fingerprint density at radius 2 is 2.12 bits per heavy atom. The Morgan fingerprint density at radius 3 is 2.88 bits per heavy atom. The Labute approximate surface area is 103 Å². The summed E-state index contributed by atoms with van der Waals surface area (Å²) >= 11 is 0. The predicted octanol–water partition coefficient (Wildman–Crippen LogP) is 2.99. The molecule has 0 saturated carbocycles. The number of aryl methyl sites for hydroxylation is 1. The number of hydrogen-bond acceptors (Lipinski definition) is 1. The largest absolute Gasteiger partial charge is 0.350 e. The molecule has 90 valence electrons. The van der Waals surface area contributed by atoms with Crippen LogP contribution in [0.25, 0.3) is 10.9 Å². The lowest BCUT2D eigenvalue weighted by atomic mass is 9.98. The Kier molecular flexibility index (Phi) is 2.67. The molecule has 0 bridgehead atoms. The molecule has 1 aromatic carbocycles. The first-order valence-corrected chi connectivity index (χ1v) is 6.56. The van der Waals surface area contributed by atoms with Gasteiger partial charge in [0.2, 0.25) is 0 Å². The van der Waals surface area contributed by atoms with E-state index in [1.807, 2.05) is 0 Å². The molecular weight excluding hydrogens is 208 g/mol. The Morgan fingerprint density at radius 1 is 1.29 bits per heavy atom. The van der Waals surface area contributed by atoms with Crippen molar-refractivity contribution >= 4 is 10.9 Å². The number of rotatable bonds is 2. The van der Waals surface area contributed by atoms with Crippen molar-refractivity contribution in [2.45, 2.75) is 19.3 Å². The van der Waals surface area contributed by atoms with Crippen molar-refractivity contribution in [1.29, 1.82) is 0 Å². The second kappa shape index (κ2) is 4.19. The highest BCUT2D eigenvalue weighted by atomic mass is 15.1. The maximum atomic E-state index is 2.55. The molecule has 1 unspecified atom stereocenters. The standard InChI is InChI=1S/C15H20N2/c1-3-17-9-8-12(10-17)14-11-16(2)15-7-5-4-6-13(14)15/h4-7,11-12H,3,8-10H2,1-2H3. The SMILES string of the molecule is CCN1CCC(c2cn(C)c3ccccc23)C1. The molecule has 0 spiro atoms. The maximum absolute atomic E-state index is 2.55. The summed E-state index contributed by atoms with van der Waals surface area (Å²) in [5.41, 5.74) is 2.90. The van der Waals surface area contributed by atoms with Crippen LogP contribution in [-0.4, -0.2) is 29.1 Å². The lowest BCUT2D eigenvalue weighted by molar-refractivity contribution is 0.354. The van der Waals surface area contributed by atoms with Crippen LogP contribution in [0.4, 0.5) is 0 Å². The van der Waals surface area contributed by atoms with Gasteiger partial charge in [0.15, 0.2) is 0 Å². The first-order chi connectivity index (χ1) is 8.29. The molecule has 2 heteroatoms. The molecule has 1 fully saturated rings. The molecule has 1 atom stereocenters. The number of aromatic nitrogens is 1. The third kappa shape index (κ3) is 1.77. The number of likely N-dealkylation sites (N-methyl/N-ethyl adjacent to an activating group) is 1. The van der Waals surface area contributed by atoms with Crippen molar-refractivity contribution in [3.8, 4) is 0 Å². The summed E-state index contributed by atoms with van der Waals surface area (Å²) in [6.45, 7) is 5.92. The monoisotopic (exact) mass is 228 g/mol. The zero-order valence-electron chi connectivity index (χ0n) is 10.7. The summed E-state index contributed by atoms with van der Waals surface area (Å²) in [6.07, 6.45) is 3.64. The molecule has 17 heavy (non-hydrogen) atoms. The molecule has 0 amide bonds. The molecule has 2 heterocycles. The molecule has 0 aliphatic carbocycles. The molecule has 1 aliphatic heterocycles. The highest BCUT2D eigenvalue weighted by Crippen LogP contribution is 2.33. The molecule has 2 nitrogen and oxygen atoms in total. The Bertz CT molecular complexity index is 527. The lowest BCUT2D eigenvalue weighted by Crippen LogP contribution is -2.19. The van der Waals surface area contributed by atoms with E-state index in [0.29, 0.717) is 0 Å². The first kappa shape index (κ1) is 10.8. The van der Waals surface area contributed by atoms with Gasteiger partial charge in [0.25, 0.3) is 0 Å². The van der Waals surface area contributed by atoms with Crippen LogP contribution in [0.5, 0.6) is 0 Å². The zero-order chi connectivity index (χ0) is 11.8. The van der Waals surface area contributed by atoms with Crippen LogP contribution in [-0.2, 0) is 7.05 Å². The minimum absolute atomic E-state index is 0.723. The molecule has 1 aliphatic rings. The van der Waals surface area contributed by atoms with E-state index in [4.69, 9.17) is 0 Å². The van der Waals surface area contributed by atoms with Gasteiger partial charge in [0.1, 0.15) is 0 Å². The van der Waals surface area contributed by atoms with E-state index in [0.717, 1.165) is 5.92 Å². The Balaban J connectivity index is 2.01.